The van der Waals surface area contributed by atoms with Crippen molar-refractivity contribution in [3.63, 3.8) is 0 Å². The second-order valence-corrected chi connectivity index (χ2v) is 4.81. The van der Waals surface area contributed by atoms with Crippen LogP contribution >= 0.6 is 0 Å². The summed E-state index contributed by atoms with van der Waals surface area (Å²) in [6.45, 7) is 10.2. The minimum atomic E-state index is 0.302. The number of rotatable bonds is 4. The van der Waals surface area contributed by atoms with Crippen molar-refractivity contribution in [2.45, 2.75) is 27.2 Å². The van der Waals surface area contributed by atoms with Crippen LogP contribution in [0.1, 0.15) is 27.2 Å². The minimum Gasteiger partial charge on any atom is -0.381 e. The predicted molar refractivity (Wildman–Crippen MR) is 49.2 cm³/mol. The maximum Gasteiger partial charge on any atom is 0.0517 e. The molecule has 1 fully saturated rings. The van der Waals surface area contributed by atoms with Crippen molar-refractivity contribution in [2.24, 2.45) is 11.3 Å². The lowest BCUT2D eigenvalue weighted by molar-refractivity contribution is -0.0503. The Morgan fingerprint density at radius 2 is 2.00 bits per heavy atom. The summed E-state index contributed by atoms with van der Waals surface area (Å²) in [4.78, 5) is 0. The van der Waals surface area contributed by atoms with Gasteiger partial charge in [-0.2, -0.15) is 0 Å². The van der Waals surface area contributed by atoms with Gasteiger partial charge in [0, 0.05) is 12.5 Å². The second-order valence-electron chi connectivity index (χ2n) is 4.81. The van der Waals surface area contributed by atoms with Crippen molar-refractivity contribution in [1.29, 1.82) is 0 Å². The molecule has 0 spiro atoms. The lowest BCUT2D eigenvalue weighted by Gasteiger charge is -2.26. The largest absolute Gasteiger partial charge is 0.381 e. The molecule has 0 unspecified atom stereocenters. The molecule has 1 rings (SSSR count). The van der Waals surface area contributed by atoms with E-state index in [9.17, 15) is 0 Å². The van der Waals surface area contributed by atoms with E-state index in [2.05, 4.69) is 20.8 Å². The van der Waals surface area contributed by atoms with Gasteiger partial charge in [-0.1, -0.05) is 20.8 Å². The van der Waals surface area contributed by atoms with Gasteiger partial charge in [0.25, 0.3) is 0 Å². The van der Waals surface area contributed by atoms with Crippen molar-refractivity contribution in [2.75, 3.05) is 26.4 Å². The van der Waals surface area contributed by atoms with Gasteiger partial charge in [0.05, 0.1) is 19.8 Å². The van der Waals surface area contributed by atoms with Crippen LogP contribution in [0.2, 0.25) is 0 Å². The number of hydrogen-bond donors (Lipinski definition) is 0. The summed E-state index contributed by atoms with van der Waals surface area (Å²) < 4.78 is 10.6. The SMILES string of the molecule is CC(C)(C)COCCC1COC1. The highest BCUT2D eigenvalue weighted by molar-refractivity contribution is 4.65. The molecule has 0 aromatic heterocycles. The van der Waals surface area contributed by atoms with Gasteiger partial charge in [0.15, 0.2) is 0 Å². The average Bonchev–Trinajstić information content (AvgIpc) is 1.80. The number of ether oxygens (including phenoxy) is 2. The molecule has 0 amide bonds. The highest BCUT2D eigenvalue weighted by Gasteiger charge is 2.18. The van der Waals surface area contributed by atoms with Crippen LogP contribution in [0, 0.1) is 11.3 Å². The van der Waals surface area contributed by atoms with E-state index in [1.807, 2.05) is 0 Å². The predicted octanol–water partition coefficient (Wildman–Crippen LogP) is 2.09. The van der Waals surface area contributed by atoms with E-state index in [0.29, 0.717) is 5.41 Å². The van der Waals surface area contributed by atoms with Crippen molar-refractivity contribution in [3.8, 4) is 0 Å². The van der Waals surface area contributed by atoms with E-state index in [4.69, 9.17) is 9.47 Å². The highest BCUT2D eigenvalue weighted by Crippen LogP contribution is 2.16. The Kier molecular flexibility index (Phi) is 3.53. The second kappa shape index (κ2) is 4.24. The minimum absolute atomic E-state index is 0.302. The van der Waals surface area contributed by atoms with Crippen LogP contribution in [0.3, 0.4) is 0 Å². The van der Waals surface area contributed by atoms with E-state index in [1.165, 1.54) is 0 Å². The van der Waals surface area contributed by atoms with Gasteiger partial charge >= 0.3 is 0 Å². The van der Waals surface area contributed by atoms with Gasteiger partial charge in [-0.25, -0.2) is 0 Å². The fraction of sp³-hybridized carbons (Fsp3) is 1.00. The molecule has 0 radical (unpaired) electrons. The molecule has 0 bridgehead atoms. The van der Waals surface area contributed by atoms with Crippen LogP contribution in [-0.2, 0) is 9.47 Å². The van der Waals surface area contributed by atoms with Gasteiger partial charge in [0.2, 0.25) is 0 Å². The summed E-state index contributed by atoms with van der Waals surface area (Å²) in [5, 5.41) is 0. The highest BCUT2D eigenvalue weighted by atomic mass is 16.5. The Balaban J connectivity index is 1.88. The fourth-order valence-electron chi connectivity index (χ4n) is 1.08. The molecule has 72 valence electrons. The zero-order chi connectivity index (χ0) is 9.03. The van der Waals surface area contributed by atoms with Crippen LogP contribution in [-0.4, -0.2) is 26.4 Å². The molecule has 1 heterocycles. The molecule has 0 N–H and O–H groups in total. The molecule has 1 aliphatic rings. The molecule has 0 aliphatic carbocycles. The lowest BCUT2D eigenvalue weighted by atomic mass is 9.98. The summed E-state index contributed by atoms with van der Waals surface area (Å²) >= 11 is 0. The van der Waals surface area contributed by atoms with E-state index in [0.717, 1.165) is 38.8 Å². The first-order valence-electron chi connectivity index (χ1n) is 4.73. The monoisotopic (exact) mass is 172 g/mol. The third-order valence-electron chi connectivity index (χ3n) is 1.91. The maximum atomic E-state index is 5.55. The Labute approximate surface area is 75.2 Å². The van der Waals surface area contributed by atoms with Gasteiger partial charge in [-0.05, 0) is 11.8 Å². The zero-order valence-electron chi connectivity index (χ0n) is 8.43. The topological polar surface area (TPSA) is 18.5 Å². The normalized spacial score (nSPS) is 19.2. The Bertz CT molecular complexity index is 122. The van der Waals surface area contributed by atoms with Crippen molar-refractivity contribution < 1.29 is 9.47 Å². The molecule has 0 aromatic carbocycles. The molecule has 1 aliphatic heterocycles. The smallest absolute Gasteiger partial charge is 0.0517 e. The molecule has 1 saturated heterocycles. The van der Waals surface area contributed by atoms with E-state index >= 15 is 0 Å². The molecule has 0 atom stereocenters. The summed E-state index contributed by atoms with van der Waals surface area (Å²) in [5.74, 6) is 0.768. The summed E-state index contributed by atoms with van der Waals surface area (Å²) in [6.07, 6.45) is 1.16. The Morgan fingerprint density at radius 1 is 1.33 bits per heavy atom. The Hall–Kier alpha value is -0.0800. The van der Waals surface area contributed by atoms with Crippen molar-refractivity contribution >= 4 is 0 Å². The van der Waals surface area contributed by atoms with E-state index in [1.54, 1.807) is 0 Å². The molecule has 0 saturated carbocycles. The third-order valence-corrected chi connectivity index (χ3v) is 1.91. The standard InChI is InChI=1S/C10H20O2/c1-10(2,3)8-11-5-4-9-6-12-7-9/h9H,4-8H2,1-3H3. The first-order chi connectivity index (χ1) is 5.58. The van der Waals surface area contributed by atoms with Crippen molar-refractivity contribution in [3.05, 3.63) is 0 Å². The van der Waals surface area contributed by atoms with Crippen LogP contribution < -0.4 is 0 Å². The van der Waals surface area contributed by atoms with Gasteiger partial charge in [-0.3, -0.25) is 0 Å². The van der Waals surface area contributed by atoms with E-state index in [-0.39, 0.29) is 0 Å². The number of hydrogen-bond acceptors (Lipinski definition) is 2. The molecule has 2 heteroatoms. The molecule has 0 aromatic rings. The average molecular weight is 172 g/mol. The quantitative estimate of drug-likeness (QED) is 0.604. The first-order valence-corrected chi connectivity index (χ1v) is 4.73. The Morgan fingerprint density at radius 3 is 2.42 bits per heavy atom. The van der Waals surface area contributed by atoms with Crippen LogP contribution in [0.15, 0.2) is 0 Å². The van der Waals surface area contributed by atoms with E-state index < -0.39 is 0 Å². The third kappa shape index (κ3) is 4.07. The molecular weight excluding hydrogens is 152 g/mol. The molecule has 12 heavy (non-hydrogen) atoms. The van der Waals surface area contributed by atoms with Crippen LogP contribution in [0.4, 0.5) is 0 Å². The summed E-state index contributed by atoms with van der Waals surface area (Å²) in [5.41, 5.74) is 0.302. The summed E-state index contributed by atoms with van der Waals surface area (Å²) in [7, 11) is 0. The zero-order valence-corrected chi connectivity index (χ0v) is 8.43. The van der Waals surface area contributed by atoms with Crippen molar-refractivity contribution in [1.82, 2.24) is 0 Å². The molecular formula is C10H20O2. The maximum absolute atomic E-state index is 5.55. The van der Waals surface area contributed by atoms with Crippen LogP contribution in [0.5, 0.6) is 0 Å². The molecule has 2 nitrogen and oxygen atoms in total. The van der Waals surface area contributed by atoms with Gasteiger partial charge < -0.3 is 9.47 Å². The van der Waals surface area contributed by atoms with Crippen LogP contribution in [0.25, 0.3) is 0 Å². The summed E-state index contributed by atoms with van der Waals surface area (Å²) in [6, 6.07) is 0. The first kappa shape index (κ1) is 10.0. The fourth-order valence-corrected chi connectivity index (χ4v) is 1.08. The van der Waals surface area contributed by atoms with Gasteiger partial charge in [0.1, 0.15) is 0 Å². The van der Waals surface area contributed by atoms with Gasteiger partial charge in [-0.15, -0.1) is 0 Å². The lowest BCUT2D eigenvalue weighted by Crippen LogP contribution is -2.29.